The van der Waals surface area contributed by atoms with Gasteiger partial charge in [-0.2, -0.15) is 5.10 Å². The first-order valence-electron chi connectivity index (χ1n) is 10.0. The molecule has 3 aromatic heterocycles. The van der Waals surface area contributed by atoms with Crippen LogP contribution >= 0.6 is 0 Å². The average molecular weight is 396 g/mol. The van der Waals surface area contributed by atoms with Crippen LogP contribution in [0.1, 0.15) is 28.9 Å². The highest BCUT2D eigenvalue weighted by Gasteiger charge is 2.33. The Morgan fingerprint density at radius 3 is 2.66 bits per heavy atom. The molecule has 0 atom stereocenters. The van der Waals surface area contributed by atoms with E-state index >= 15 is 0 Å². The summed E-state index contributed by atoms with van der Waals surface area (Å²) in [5.41, 5.74) is 2.74. The molecule has 2 aliphatic rings. The maximum absolute atomic E-state index is 13.5. The van der Waals surface area contributed by atoms with Gasteiger partial charge in [0.2, 0.25) is 0 Å². The number of ether oxygens (including phenoxy) is 2. The molecule has 8 nitrogen and oxygen atoms in total. The number of furan rings is 1. The number of aromatic nitrogens is 3. The topological polar surface area (TPSA) is 82.6 Å². The molecule has 5 heterocycles. The number of rotatable bonds is 3. The van der Waals surface area contributed by atoms with E-state index < -0.39 is 0 Å². The first kappa shape index (κ1) is 18.3. The first-order valence-corrected chi connectivity index (χ1v) is 10.0. The van der Waals surface area contributed by atoms with Gasteiger partial charge in [-0.15, -0.1) is 0 Å². The molecule has 0 N–H and O–H groups in total. The molecule has 0 saturated carbocycles. The lowest BCUT2D eigenvalue weighted by molar-refractivity contribution is -0.0956. The van der Waals surface area contributed by atoms with Crippen molar-refractivity contribution in [3.8, 4) is 11.5 Å². The molecule has 0 aliphatic carbocycles. The quantitative estimate of drug-likeness (QED) is 0.677. The van der Waals surface area contributed by atoms with Gasteiger partial charge in [0.1, 0.15) is 5.69 Å². The first-order chi connectivity index (χ1) is 14.1. The molecule has 152 valence electrons. The van der Waals surface area contributed by atoms with Gasteiger partial charge >= 0.3 is 0 Å². The van der Waals surface area contributed by atoms with Crippen LogP contribution in [-0.4, -0.2) is 58.2 Å². The Balaban J connectivity index is 1.46. The summed E-state index contributed by atoms with van der Waals surface area (Å²) in [5.74, 6) is 0.986. The Morgan fingerprint density at radius 1 is 1.21 bits per heavy atom. The van der Waals surface area contributed by atoms with Crippen LogP contribution in [0.15, 0.2) is 28.9 Å². The van der Waals surface area contributed by atoms with Crippen molar-refractivity contribution in [2.24, 2.45) is 13.0 Å². The Morgan fingerprint density at radius 2 is 1.97 bits per heavy atom. The number of likely N-dealkylation sites (tertiary alicyclic amines) is 1. The van der Waals surface area contributed by atoms with Crippen LogP contribution in [-0.2, 0) is 16.5 Å². The average Bonchev–Trinajstić information content (AvgIpc) is 3.50. The Labute approximate surface area is 168 Å². The third-order valence-electron chi connectivity index (χ3n) is 5.83. The van der Waals surface area contributed by atoms with Gasteiger partial charge in [-0.3, -0.25) is 9.48 Å². The van der Waals surface area contributed by atoms with Crippen LogP contribution in [0.2, 0.25) is 0 Å². The van der Waals surface area contributed by atoms with Gasteiger partial charge in [0.25, 0.3) is 5.91 Å². The fourth-order valence-electron chi connectivity index (χ4n) is 4.36. The molecule has 29 heavy (non-hydrogen) atoms. The SMILES string of the molecule is Cc1nn(C)c2nc(-c3ccco3)cc(C(=O)N3CCC(C4OCCO4)CC3)c12. The smallest absolute Gasteiger partial charge is 0.254 e. The number of amides is 1. The van der Waals surface area contributed by atoms with E-state index in [1.54, 1.807) is 10.9 Å². The summed E-state index contributed by atoms with van der Waals surface area (Å²) in [6, 6.07) is 5.49. The molecule has 0 aromatic carbocycles. The second kappa shape index (κ2) is 7.27. The molecule has 0 spiro atoms. The minimum atomic E-state index is -0.119. The number of carbonyl (C=O) groups is 1. The van der Waals surface area contributed by atoms with Crippen molar-refractivity contribution in [2.75, 3.05) is 26.3 Å². The predicted octanol–water partition coefficient (Wildman–Crippen LogP) is 2.76. The molecule has 5 rings (SSSR count). The van der Waals surface area contributed by atoms with E-state index in [-0.39, 0.29) is 12.2 Å². The standard InChI is InChI=1S/C21H24N4O4/c1-13-18-15(12-16(17-4-3-9-27-17)22-19(18)24(2)23-13)20(26)25-7-5-14(6-8-25)21-28-10-11-29-21/h3-4,9,12,14,21H,5-8,10-11H2,1-2H3. The van der Waals surface area contributed by atoms with E-state index in [1.807, 2.05) is 37.1 Å². The summed E-state index contributed by atoms with van der Waals surface area (Å²) in [4.78, 5) is 20.1. The van der Waals surface area contributed by atoms with E-state index in [4.69, 9.17) is 18.9 Å². The maximum Gasteiger partial charge on any atom is 0.254 e. The molecule has 0 bridgehead atoms. The minimum Gasteiger partial charge on any atom is -0.463 e. The number of piperidine rings is 1. The molecule has 2 saturated heterocycles. The van der Waals surface area contributed by atoms with Gasteiger partial charge in [0.15, 0.2) is 17.7 Å². The van der Waals surface area contributed by atoms with Crippen LogP contribution in [0.4, 0.5) is 0 Å². The molecule has 0 radical (unpaired) electrons. The lowest BCUT2D eigenvalue weighted by Crippen LogP contribution is -2.41. The van der Waals surface area contributed by atoms with E-state index in [1.165, 1.54) is 0 Å². The molecule has 0 unspecified atom stereocenters. The highest BCUT2D eigenvalue weighted by Crippen LogP contribution is 2.30. The largest absolute Gasteiger partial charge is 0.463 e. The van der Waals surface area contributed by atoms with E-state index in [9.17, 15) is 4.79 Å². The third kappa shape index (κ3) is 3.22. The van der Waals surface area contributed by atoms with Crippen molar-refractivity contribution < 1.29 is 18.7 Å². The van der Waals surface area contributed by atoms with Crippen molar-refractivity contribution in [2.45, 2.75) is 26.1 Å². The second-order valence-corrected chi connectivity index (χ2v) is 7.68. The molecule has 2 aliphatic heterocycles. The Hall–Kier alpha value is -2.71. The van der Waals surface area contributed by atoms with Crippen molar-refractivity contribution in [3.63, 3.8) is 0 Å². The van der Waals surface area contributed by atoms with E-state index in [2.05, 4.69) is 5.10 Å². The summed E-state index contributed by atoms with van der Waals surface area (Å²) >= 11 is 0. The predicted molar refractivity (Wildman–Crippen MR) is 105 cm³/mol. The number of hydrogen-bond donors (Lipinski definition) is 0. The minimum absolute atomic E-state index is 0.00742. The van der Waals surface area contributed by atoms with Gasteiger partial charge in [0, 0.05) is 26.1 Å². The molecule has 1 amide bonds. The van der Waals surface area contributed by atoms with Crippen LogP contribution in [0.5, 0.6) is 0 Å². The molecule has 3 aromatic rings. The van der Waals surface area contributed by atoms with E-state index in [0.717, 1.165) is 23.9 Å². The van der Waals surface area contributed by atoms with Gasteiger partial charge in [0.05, 0.1) is 36.1 Å². The van der Waals surface area contributed by atoms with E-state index in [0.29, 0.717) is 54.9 Å². The Kier molecular flexibility index (Phi) is 4.60. The van der Waals surface area contributed by atoms with Crippen LogP contribution in [0, 0.1) is 12.8 Å². The fourth-order valence-corrected chi connectivity index (χ4v) is 4.36. The number of fused-ring (bicyclic) bond motifs is 1. The van der Waals surface area contributed by atoms with Crippen molar-refractivity contribution in [1.29, 1.82) is 0 Å². The monoisotopic (exact) mass is 396 g/mol. The summed E-state index contributed by atoms with van der Waals surface area (Å²) < 4.78 is 18.5. The van der Waals surface area contributed by atoms with Crippen molar-refractivity contribution >= 4 is 16.9 Å². The zero-order valence-corrected chi connectivity index (χ0v) is 16.6. The summed E-state index contributed by atoms with van der Waals surface area (Å²) in [5, 5.41) is 5.29. The number of pyridine rings is 1. The second-order valence-electron chi connectivity index (χ2n) is 7.68. The molecular weight excluding hydrogens is 372 g/mol. The van der Waals surface area contributed by atoms with Crippen LogP contribution in [0.3, 0.4) is 0 Å². The normalized spacial score (nSPS) is 18.8. The number of carbonyl (C=O) groups excluding carboxylic acids is 1. The molecular formula is C21H24N4O4. The van der Waals surface area contributed by atoms with Gasteiger partial charge in [-0.05, 0) is 38.0 Å². The highest BCUT2D eigenvalue weighted by molar-refractivity contribution is 6.07. The summed E-state index contributed by atoms with van der Waals surface area (Å²) in [6.45, 7) is 4.61. The van der Waals surface area contributed by atoms with Gasteiger partial charge in [-0.1, -0.05) is 0 Å². The van der Waals surface area contributed by atoms with Crippen LogP contribution < -0.4 is 0 Å². The molecule has 8 heteroatoms. The van der Waals surface area contributed by atoms with Crippen LogP contribution in [0.25, 0.3) is 22.5 Å². The van der Waals surface area contributed by atoms with Gasteiger partial charge < -0.3 is 18.8 Å². The fraction of sp³-hybridized carbons (Fsp3) is 0.476. The summed E-state index contributed by atoms with van der Waals surface area (Å²) in [6.07, 6.45) is 3.24. The lowest BCUT2D eigenvalue weighted by Gasteiger charge is -2.34. The zero-order chi connectivity index (χ0) is 20.0. The van der Waals surface area contributed by atoms with Crippen molar-refractivity contribution in [1.82, 2.24) is 19.7 Å². The number of nitrogens with zero attached hydrogens (tertiary/aromatic N) is 4. The zero-order valence-electron chi connectivity index (χ0n) is 16.6. The number of hydrogen-bond acceptors (Lipinski definition) is 6. The molecule has 2 fully saturated rings. The highest BCUT2D eigenvalue weighted by atomic mass is 16.7. The summed E-state index contributed by atoms with van der Waals surface area (Å²) in [7, 11) is 1.84. The Bertz CT molecular complexity index is 1030. The number of aryl methyl sites for hydroxylation is 2. The van der Waals surface area contributed by atoms with Crippen molar-refractivity contribution in [3.05, 3.63) is 35.7 Å². The lowest BCUT2D eigenvalue weighted by atomic mass is 9.95. The maximum atomic E-state index is 13.5. The van der Waals surface area contributed by atoms with Gasteiger partial charge in [-0.25, -0.2) is 4.98 Å². The third-order valence-corrected chi connectivity index (χ3v) is 5.83.